The van der Waals surface area contributed by atoms with Gasteiger partial charge in [0.1, 0.15) is 6.61 Å². The van der Waals surface area contributed by atoms with Crippen LogP contribution in [-0.4, -0.2) is 34.4 Å². The molecule has 0 aliphatic carbocycles. The van der Waals surface area contributed by atoms with Crippen LogP contribution < -0.4 is 0 Å². The number of carbonyl (C=O) groups is 1. The number of rotatable bonds is 2. The minimum atomic E-state index is -1.62. The second kappa shape index (κ2) is 3.23. The molecule has 0 aromatic rings. The Bertz CT molecular complexity index is 79.7. The first-order valence-electron chi connectivity index (χ1n) is 1.85. The largest absolute Gasteiger partial charge is 0.508 e. The summed E-state index contributed by atoms with van der Waals surface area (Å²) in [6.45, 7) is -0.716. The summed E-state index contributed by atoms with van der Waals surface area (Å²) in [7, 11) is 0. The van der Waals surface area contributed by atoms with E-state index in [1.165, 1.54) is 0 Å². The zero-order chi connectivity index (χ0) is 6.57. The van der Waals surface area contributed by atoms with Crippen molar-refractivity contribution in [3.8, 4) is 0 Å². The summed E-state index contributed by atoms with van der Waals surface area (Å²) in [5.41, 5.74) is 0. The second-order valence-corrected chi connectivity index (χ2v) is 1.02. The SMILES string of the molecule is O=C(O)OC(O)CO. The Morgan fingerprint density at radius 1 is 1.75 bits per heavy atom. The van der Waals surface area contributed by atoms with Gasteiger partial charge in [-0.1, -0.05) is 0 Å². The summed E-state index contributed by atoms with van der Waals surface area (Å²) in [5.74, 6) is 0. The fraction of sp³-hybridized carbons (Fsp3) is 0.667. The zero-order valence-electron chi connectivity index (χ0n) is 3.94. The summed E-state index contributed by atoms with van der Waals surface area (Å²) in [5, 5.41) is 23.8. The molecular formula is C3H6O5. The lowest BCUT2D eigenvalue weighted by Gasteiger charge is -2.02. The maximum atomic E-state index is 9.48. The molecule has 0 saturated carbocycles. The van der Waals surface area contributed by atoms with Crippen LogP contribution in [0.1, 0.15) is 0 Å². The first kappa shape index (κ1) is 7.19. The molecule has 0 heterocycles. The topological polar surface area (TPSA) is 87.0 Å². The van der Waals surface area contributed by atoms with E-state index in [-0.39, 0.29) is 0 Å². The van der Waals surface area contributed by atoms with Crippen molar-refractivity contribution in [1.82, 2.24) is 0 Å². The minimum Gasteiger partial charge on any atom is -0.450 e. The van der Waals surface area contributed by atoms with Crippen LogP contribution in [0.25, 0.3) is 0 Å². The molecule has 0 saturated heterocycles. The van der Waals surface area contributed by atoms with E-state index in [0.29, 0.717) is 0 Å². The number of aliphatic hydroxyl groups is 2. The standard InChI is InChI=1S/C3H6O5/c4-1-2(5)8-3(6)7/h2,4-5H,1H2,(H,6,7). The van der Waals surface area contributed by atoms with Gasteiger partial charge in [-0.05, 0) is 0 Å². The smallest absolute Gasteiger partial charge is 0.450 e. The molecule has 0 fully saturated rings. The maximum Gasteiger partial charge on any atom is 0.508 e. The Morgan fingerprint density at radius 2 is 2.25 bits per heavy atom. The third-order valence-electron chi connectivity index (χ3n) is 0.393. The molecule has 0 bridgehead atoms. The molecule has 8 heavy (non-hydrogen) atoms. The summed E-state index contributed by atoms with van der Waals surface area (Å²) in [6.07, 6.45) is -3.22. The zero-order valence-corrected chi connectivity index (χ0v) is 3.94. The third kappa shape index (κ3) is 3.38. The van der Waals surface area contributed by atoms with E-state index in [0.717, 1.165) is 0 Å². The fourth-order valence-corrected chi connectivity index (χ4v) is 0.154. The molecule has 48 valence electrons. The Hall–Kier alpha value is -0.810. The van der Waals surface area contributed by atoms with E-state index in [2.05, 4.69) is 4.74 Å². The minimum absolute atomic E-state index is 0.716. The van der Waals surface area contributed by atoms with Gasteiger partial charge in [0.15, 0.2) is 0 Å². The molecule has 3 N–H and O–H groups in total. The van der Waals surface area contributed by atoms with Gasteiger partial charge in [0.25, 0.3) is 0 Å². The molecular weight excluding hydrogens is 116 g/mol. The van der Waals surface area contributed by atoms with Gasteiger partial charge >= 0.3 is 6.16 Å². The van der Waals surface area contributed by atoms with Gasteiger partial charge in [0, 0.05) is 0 Å². The molecule has 0 aliphatic heterocycles. The molecule has 0 aliphatic rings. The summed E-state index contributed by atoms with van der Waals surface area (Å²) in [4.78, 5) is 9.48. The van der Waals surface area contributed by atoms with Crippen molar-refractivity contribution in [3.05, 3.63) is 0 Å². The van der Waals surface area contributed by atoms with Gasteiger partial charge < -0.3 is 20.1 Å². The van der Waals surface area contributed by atoms with Gasteiger partial charge in [0.2, 0.25) is 6.29 Å². The van der Waals surface area contributed by atoms with Crippen LogP contribution in [0, 0.1) is 0 Å². The molecule has 1 atom stereocenters. The number of carboxylic acid groups (broad SMARTS) is 1. The van der Waals surface area contributed by atoms with Crippen molar-refractivity contribution in [2.75, 3.05) is 6.61 Å². The molecule has 0 amide bonds. The van der Waals surface area contributed by atoms with Crippen molar-refractivity contribution in [2.45, 2.75) is 6.29 Å². The Morgan fingerprint density at radius 3 is 2.38 bits per heavy atom. The van der Waals surface area contributed by atoms with Crippen molar-refractivity contribution in [3.63, 3.8) is 0 Å². The van der Waals surface area contributed by atoms with Crippen LogP contribution in [-0.2, 0) is 4.74 Å². The van der Waals surface area contributed by atoms with Crippen LogP contribution in [0.5, 0.6) is 0 Å². The van der Waals surface area contributed by atoms with Gasteiger partial charge in [-0.25, -0.2) is 4.79 Å². The van der Waals surface area contributed by atoms with E-state index in [4.69, 9.17) is 15.3 Å². The summed E-state index contributed by atoms with van der Waals surface area (Å²) in [6, 6.07) is 0. The quantitative estimate of drug-likeness (QED) is 0.322. The molecule has 1 unspecified atom stereocenters. The van der Waals surface area contributed by atoms with E-state index >= 15 is 0 Å². The van der Waals surface area contributed by atoms with E-state index in [9.17, 15) is 4.79 Å². The predicted octanol–water partition coefficient (Wildman–Crippen LogP) is -1.01. The molecule has 5 heteroatoms. The van der Waals surface area contributed by atoms with Crippen LogP contribution in [0.4, 0.5) is 4.79 Å². The highest BCUT2D eigenvalue weighted by atomic mass is 16.7. The average molecular weight is 122 g/mol. The lowest BCUT2D eigenvalue weighted by Crippen LogP contribution is -2.19. The van der Waals surface area contributed by atoms with E-state index in [1.54, 1.807) is 0 Å². The normalized spacial score (nSPS) is 12.8. The van der Waals surface area contributed by atoms with E-state index < -0.39 is 19.1 Å². The monoisotopic (exact) mass is 122 g/mol. The molecule has 0 aromatic heterocycles. The molecule has 0 aromatic carbocycles. The molecule has 0 radical (unpaired) electrons. The lowest BCUT2D eigenvalue weighted by atomic mass is 10.7. The second-order valence-electron chi connectivity index (χ2n) is 1.02. The summed E-state index contributed by atoms with van der Waals surface area (Å²) < 4.78 is 3.62. The lowest BCUT2D eigenvalue weighted by molar-refractivity contribution is -0.0967. The highest BCUT2D eigenvalue weighted by Gasteiger charge is 2.05. The summed E-state index contributed by atoms with van der Waals surface area (Å²) >= 11 is 0. The van der Waals surface area contributed by atoms with Crippen LogP contribution in [0.3, 0.4) is 0 Å². The Labute approximate surface area is 45.1 Å². The molecule has 0 spiro atoms. The predicted molar refractivity (Wildman–Crippen MR) is 22.2 cm³/mol. The number of hydrogen-bond donors (Lipinski definition) is 3. The molecule has 0 rings (SSSR count). The number of hydrogen-bond acceptors (Lipinski definition) is 4. The van der Waals surface area contributed by atoms with Gasteiger partial charge in [-0.2, -0.15) is 0 Å². The highest BCUT2D eigenvalue weighted by molar-refractivity contribution is 5.56. The van der Waals surface area contributed by atoms with E-state index in [1.807, 2.05) is 0 Å². The Kier molecular flexibility index (Phi) is 2.90. The van der Waals surface area contributed by atoms with Crippen molar-refractivity contribution < 1.29 is 24.9 Å². The van der Waals surface area contributed by atoms with Crippen LogP contribution in [0.15, 0.2) is 0 Å². The highest BCUT2D eigenvalue weighted by Crippen LogP contribution is 1.83. The third-order valence-corrected chi connectivity index (χ3v) is 0.393. The first-order chi connectivity index (χ1) is 3.66. The Balaban J connectivity index is 3.24. The number of ether oxygens (including phenoxy) is 1. The van der Waals surface area contributed by atoms with Gasteiger partial charge in [-0.15, -0.1) is 0 Å². The van der Waals surface area contributed by atoms with Crippen molar-refractivity contribution >= 4 is 6.16 Å². The van der Waals surface area contributed by atoms with Crippen LogP contribution in [0.2, 0.25) is 0 Å². The molecule has 5 nitrogen and oxygen atoms in total. The van der Waals surface area contributed by atoms with Gasteiger partial charge in [-0.3, -0.25) is 0 Å². The number of aliphatic hydroxyl groups excluding tert-OH is 2. The first-order valence-corrected chi connectivity index (χ1v) is 1.85. The van der Waals surface area contributed by atoms with Crippen molar-refractivity contribution in [1.29, 1.82) is 0 Å². The van der Waals surface area contributed by atoms with Crippen LogP contribution >= 0.6 is 0 Å². The fourth-order valence-electron chi connectivity index (χ4n) is 0.154. The van der Waals surface area contributed by atoms with Gasteiger partial charge in [0.05, 0.1) is 0 Å². The maximum absolute atomic E-state index is 9.48. The average Bonchev–Trinajstić information content (AvgIpc) is 1.65. The van der Waals surface area contributed by atoms with Crippen molar-refractivity contribution in [2.24, 2.45) is 0 Å².